The third-order valence-electron chi connectivity index (χ3n) is 5.44. The number of carbonyl (C=O) groups is 1. The number of piperidine rings is 1. The molecule has 1 fully saturated rings. The fourth-order valence-corrected chi connectivity index (χ4v) is 4.10. The zero-order chi connectivity index (χ0) is 20.9. The van der Waals surface area contributed by atoms with Gasteiger partial charge in [0.2, 0.25) is 0 Å². The van der Waals surface area contributed by atoms with E-state index in [2.05, 4.69) is 27.0 Å². The fraction of sp³-hybridized carbons (Fsp3) is 0.391. The Kier molecular flexibility index (Phi) is 6.18. The number of carbonyl (C=O) groups excluding carboxylic acids is 1. The predicted octanol–water partition coefficient (Wildman–Crippen LogP) is 3.21. The average Bonchev–Trinajstić information content (AvgIpc) is 3.18. The van der Waals surface area contributed by atoms with Crippen LogP contribution < -0.4 is 15.2 Å². The van der Waals surface area contributed by atoms with Crippen molar-refractivity contribution in [2.45, 2.75) is 32.2 Å². The van der Waals surface area contributed by atoms with E-state index in [1.807, 2.05) is 37.4 Å². The molecule has 0 saturated carbocycles. The van der Waals surface area contributed by atoms with E-state index in [-0.39, 0.29) is 6.61 Å². The smallest absolute Gasteiger partial charge is 0.255 e. The number of H-pyrrole nitrogens is 1. The Hall–Kier alpha value is -3.06. The summed E-state index contributed by atoms with van der Waals surface area (Å²) in [6.07, 6.45) is 4.15. The van der Waals surface area contributed by atoms with Gasteiger partial charge in [-0.15, -0.1) is 0 Å². The minimum atomic E-state index is -0.506. The highest BCUT2D eigenvalue weighted by Gasteiger charge is 2.23. The van der Waals surface area contributed by atoms with Crippen molar-refractivity contribution in [1.82, 2.24) is 14.9 Å². The van der Waals surface area contributed by atoms with Crippen LogP contribution in [-0.4, -0.2) is 47.1 Å². The van der Waals surface area contributed by atoms with Gasteiger partial charge in [0.1, 0.15) is 5.65 Å². The average molecular weight is 409 g/mol. The molecule has 158 valence electrons. The molecular weight excluding hydrogens is 380 g/mol. The van der Waals surface area contributed by atoms with E-state index < -0.39 is 5.91 Å². The van der Waals surface area contributed by atoms with Gasteiger partial charge in [-0.05, 0) is 62.2 Å². The van der Waals surface area contributed by atoms with Crippen LogP contribution in [0.2, 0.25) is 0 Å². The van der Waals surface area contributed by atoms with Crippen molar-refractivity contribution in [2.24, 2.45) is 5.73 Å². The van der Waals surface area contributed by atoms with Crippen molar-refractivity contribution in [1.29, 1.82) is 0 Å². The maximum absolute atomic E-state index is 11.0. The quantitative estimate of drug-likeness (QED) is 0.597. The number of primary amides is 1. The topological polar surface area (TPSA) is 93.5 Å². The first-order chi connectivity index (χ1) is 14.6. The number of benzene rings is 1. The Bertz CT molecular complexity index is 984. The van der Waals surface area contributed by atoms with E-state index in [0.29, 0.717) is 24.0 Å². The molecule has 0 radical (unpaired) electrons. The number of aromatic amines is 1. The Morgan fingerprint density at radius 2 is 2.17 bits per heavy atom. The molecule has 1 aromatic carbocycles. The minimum Gasteiger partial charge on any atom is -0.490 e. The van der Waals surface area contributed by atoms with Crippen molar-refractivity contribution >= 4 is 16.9 Å². The van der Waals surface area contributed by atoms with Crippen LogP contribution in [0, 0.1) is 0 Å². The van der Waals surface area contributed by atoms with Gasteiger partial charge in [-0.2, -0.15) is 0 Å². The predicted molar refractivity (Wildman–Crippen MR) is 116 cm³/mol. The number of aromatic nitrogens is 2. The maximum Gasteiger partial charge on any atom is 0.255 e. The molecule has 2 aromatic heterocycles. The summed E-state index contributed by atoms with van der Waals surface area (Å²) in [5, 5.41) is 1.16. The largest absolute Gasteiger partial charge is 0.490 e. The second-order valence-electron chi connectivity index (χ2n) is 7.71. The molecule has 3 heterocycles. The SMILES string of the molecule is CCOc1cc(CN2CCC[C@@H](c3cc4cccnc4[nH]3)C2)ccc1OCC(N)=O. The van der Waals surface area contributed by atoms with Gasteiger partial charge in [0, 0.05) is 36.3 Å². The van der Waals surface area contributed by atoms with Gasteiger partial charge in [0.15, 0.2) is 18.1 Å². The molecule has 4 rings (SSSR count). The number of nitrogens with two attached hydrogens (primary N) is 1. The van der Waals surface area contributed by atoms with E-state index in [9.17, 15) is 4.79 Å². The molecule has 1 atom stereocenters. The Balaban J connectivity index is 1.45. The van der Waals surface area contributed by atoms with E-state index >= 15 is 0 Å². The molecule has 3 aromatic rings. The van der Waals surface area contributed by atoms with Crippen LogP contribution in [0.4, 0.5) is 0 Å². The van der Waals surface area contributed by atoms with Crippen LogP contribution in [0.25, 0.3) is 11.0 Å². The van der Waals surface area contributed by atoms with Crippen LogP contribution in [-0.2, 0) is 11.3 Å². The van der Waals surface area contributed by atoms with Crippen molar-refractivity contribution in [2.75, 3.05) is 26.3 Å². The lowest BCUT2D eigenvalue weighted by Gasteiger charge is -2.32. The van der Waals surface area contributed by atoms with Crippen LogP contribution in [0.1, 0.15) is 36.9 Å². The first kappa shape index (κ1) is 20.2. The highest BCUT2D eigenvalue weighted by Crippen LogP contribution is 2.32. The summed E-state index contributed by atoms with van der Waals surface area (Å²) < 4.78 is 11.2. The molecule has 0 bridgehead atoms. The molecule has 1 amide bonds. The van der Waals surface area contributed by atoms with Crippen LogP contribution in [0.5, 0.6) is 11.5 Å². The maximum atomic E-state index is 11.0. The monoisotopic (exact) mass is 408 g/mol. The van der Waals surface area contributed by atoms with E-state index in [1.54, 1.807) is 0 Å². The summed E-state index contributed by atoms with van der Waals surface area (Å²) in [6.45, 7) is 5.19. The van der Waals surface area contributed by atoms with Gasteiger partial charge in [-0.1, -0.05) is 6.07 Å². The first-order valence-corrected chi connectivity index (χ1v) is 10.4. The zero-order valence-electron chi connectivity index (χ0n) is 17.3. The second-order valence-corrected chi connectivity index (χ2v) is 7.71. The molecule has 7 nitrogen and oxygen atoms in total. The summed E-state index contributed by atoms with van der Waals surface area (Å²) in [7, 11) is 0. The highest BCUT2D eigenvalue weighted by molar-refractivity contribution is 5.76. The molecule has 3 N–H and O–H groups in total. The van der Waals surface area contributed by atoms with Crippen molar-refractivity contribution in [3.8, 4) is 11.5 Å². The molecule has 0 aliphatic carbocycles. The lowest BCUT2D eigenvalue weighted by molar-refractivity contribution is -0.119. The number of nitrogens with one attached hydrogen (secondary N) is 1. The second kappa shape index (κ2) is 9.17. The van der Waals surface area contributed by atoms with Gasteiger partial charge in [-0.25, -0.2) is 4.98 Å². The number of fused-ring (bicyclic) bond motifs is 1. The number of hydrogen-bond acceptors (Lipinski definition) is 5. The highest BCUT2D eigenvalue weighted by atomic mass is 16.5. The van der Waals surface area contributed by atoms with Crippen molar-refractivity contribution in [3.63, 3.8) is 0 Å². The minimum absolute atomic E-state index is 0.160. The summed E-state index contributed by atoms with van der Waals surface area (Å²) >= 11 is 0. The molecule has 1 aliphatic rings. The molecule has 1 saturated heterocycles. The fourth-order valence-electron chi connectivity index (χ4n) is 4.10. The summed E-state index contributed by atoms with van der Waals surface area (Å²) in [5.41, 5.74) is 8.56. The number of amides is 1. The molecule has 0 spiro atoms. The third-order valence-corrected chi connectivity index (χ3v) is 5.44. The van der Waals surface area contributed by atoms with Crippen LogP contribution in [0.3, 0.4) is 0 Å². The molecular formula is C23H28N4O3. The van der Waals surface area contributed by atoms with Gasteiger partial charge >= 0.3 is 0 Å². The molecule has 0 unspecified atom stereocenters. The number of likely N-dealkylation sites (tertiary alicyclic amines) is 1. The van der Waals surface area contributed by atoms with Gasteiger partial charge in [-0.3, -0.25) is 9.69 Å². The zero-order valence-corrected chi connectivity index (χ0v) is 17.3. The lowest BCUT2D eigenvalue weighted by atomic mass is 9.94. The van der Waals surface area contributed by atoms with Crippen LogP contribution in [0.15, 0.2) is 42.6 Å². The van der Waals surface area contributed by atoms with E-state index in [4.69, 9.17) is 15.2 Å². The number of nitrogens with zero attached hydrogens (tertiary/aromatic N) is 2. The van der Waals surface area contributed by atoms with Crippen molar-refractivity contribution in [3.05, 3.63) is 53.9 Å². The lowest BCUT2D eigenvalue weighted by Crippen LogP contribution is -2.34. The number of ether oxygens (including phenoxy) is 2. The number of hydrogen-bond donors (Lipinski definition) is 2. The molecule has 30 heavy (non-hydrogen) atoms. The van der Waals surface area contributed by atoms with E-state index in [0.717, 1.165) is 42.7 Å². The Labute approximate surface area is 176 Å². The third kappa shape index (κ3) is 4.74. The first-order valence-electron chi connectivity index (χ1n) is 10.4. The summed E-state index contributed by atoms with van der Waals surface area (Å²) in [4.78, 5) is 21.4. The Morgan fingerprint density at radius 1 is 1.27 bits per heavy atom. The summed E-state index contributed by atoms with van der Waals surface area (Å²) in [5.74, 6) is 1.15. The molecule has 7 heteroatoms. The van der Waals surface area contributed by atoms with Crippen molar-refractivity contribution < 1.29 is 14.3 Å². The number of pyridine rings is 1. The van der Waals surface area contributed by atoms with E-state index in [1.165, 1.54) is 12.1 Å². The van der Waals surface area contributed by atoms with Crippen LogP contribution >= 0.6 is 0 Å². The van der Waals surface area contributed by atoms with Gasteiger partial charge in [0.25, 0.3) is 5.91 Å². The Morgan fingerprint density at radius 3 is 2.97 bits per heavy atom. The normalized spacial score (nSPS) is 17.2. The molecule has 1 aliphatic heterocycles. The standard InChI is InChI=1S/C23H28N4O3/c1-2-29-21-11-16(7-8-20(21)30-15-22(24)28)13-27-10-4-6-18(14-27)19-12-17-5-3-9-25-23(17)26-19/h3,5,7-9,11-12,18H,2,4,6,10,13-15H2,1H3,(H2,24,28)(H,25,26)/t18-/m1/s1. The summed E-state index contributed by atoms with van der Waals surface area (Å²) in [6, 6.07) is 12.2. The van der Waals surface area contributed by atoms with Gasteiger partial charge < -0.3 is 20.2 Å². The number of rotatable bonds is 8. The van der Waals surface area contributed by atoms with Gasteiger partial charge in [0.05, 0.1) is 6.61 Å².